The molecule has 0 unspecified atom stereocenters. The lowest BCUT2D eigenvalue weighted by Crippen LogP contribution is -2.61. The summed E-state index contributed by atoms with van der Waals surface area (Å²) in [7, 11) is 0. The molecule has 3 aliphatic rings. The van der Waals surface area contributed by atoms with Gasteiger partial charge in [0.1, 0.15) is 0 Å². The number of benzene rings is 8. The Morgan fingerprint density at radius 2 is 1.02 bits per heavy atom. The first-order valence-electron chi connectivity index (χ1n) is 22.0. The van der Waals surface area contributed by atoms with Crippen molar-refractivity contribution in [3.8, 4) is 0 Å². The van der Waals surface area contributed by atoms with Crippen molar-refractivity contribution >= 4 is 69.0 Å². The van der Waals surface area contributed by atoms with Crippen LogP contribution in [0.3, 0.4) is 0 Å². The number of rotatable bonds is 3. The average Bonchev–Trinajstić information content (AvgIpc) is 3.27. The van der Waals surface area contributed by atoms with Crippen molar-refractivity contribution in [1.82, 2.24) is 0 Å². The molecule has 3 heterocycles. The fourth-order valence-electron chi connectivity index (χ4n) is 10.5. The van der Waals surface area contributed by atoms with Gasteiger partial charge in [-0.25, -0.2) is 0 Å². The second kappa shape index (κ2) is 14.2. The van der Waals surface area contributed by atoms with Crippen LogP contribution in [0.4, 0.5) is 34.1 Å². The molecule has 2 bridgehead atoms. The van der Waals surface area contributed by atoms with E-state index >= 15 is 0 Å². The van der Waals surface area contributed by atoms with E-state index in [1.165, 1.54) is 99.2 Å². The summed E-state index contributed by atoms with van der Waals surface area (Å²) in [5, 5.41) is 0. The Bertz CT molecular complexity index is 2990. The van der Waals surface area contributed by atoms with E-state index in [1.54, 1.807) is 0 Å². The van der Waals surface area contributed by atoms with Crippen molar-refractivity contribution in [2.75, 3.05) is 9.80 Å². The number of hydrogen-bond donors (Lipinski definition) is 0. The summed E-state index contributed by atoms with van der Waals surface area (Å²) >= 11 is 1.89. The summed E-state index contributed by atoms with van der Waals surface area (Å²) < 4.78 is 0. The number of nitrogens with zero attached hydrogens (tertiary/aromatic N) is 2. The largest absolute Gasteiger partial charge is 0.311 e. The van der Waals surface area contributed by atoms with Crippen LogP contribution in [0.15, 0.2) is 192 Å². The molecule has 0 saturated heterocycles. The Hall–Kier alpha value is -6.23. The minimum absolute atomic E-state index is 0.0150. The molecule has 3 aliphatic heterocycles. The number of fused-ring (bicyclic) bond motifs is 8. The molecule has 0 saturated carbocycles. The third-order valence-corrected chi connectivity index (χ3v) is 14.7. The maximum absolute atomic E-state index is 2.61. The van der Waals surface area contributed by atoms with Crippen molar-refractivity contribution in [3.63, 3.8) is 0 Å². The molecule has 2 nitrogen and oxygen atoms in total. The maximum Gasteiger partial charge on any atom is 0.252 e. The van der Waals surface area contributed by atoms with Gasteiger partial charge in [-0.05, 0) is 128 Å². The highest BCUT2D eigenvalue weighted by atomic mass is 32.2. The first kappa shape index (κ1) is 38.7. The first-order valence-corrected chi connectivity index (χ1v) is 22.9. The van der Waals surface area contributed by atoms with Gasteiger partial charge in [0.25, 0.3) is 6.71 Å². The number of hydrogen-bond acceptors (Lipinski definition) is 3. The van der Waals surface area contributed by atoms with Crippen LogP contribution >= 0.6 is 11.8 Å². The lowest BCUT2D eigenvalue weighted by Gasteiger charge is -2.46. The predicted molar refractivity (Wildman–Crippen MR) is 265 cm³/mol. The van der Waals surface area contributed by atoms with E-state index in [9.17, 15) is 0 Å². The number of aryl methyl sites for hydroxylation is 1. The molecule has 62 heavy (non-hydrogen) atoms. The van der Waals surface area contributed by atoms with E-state index < -0.39 is 5.41 Å². The smallest absolute Gasteiger partial charge is 0.252 e. The van der Waals surface area contributed by atoms with Crippen molar-refractivity contribution in [2.45, 2.75) is 74.5 Å². The van der Waals surface area contributed by atoms with Crippen LogP contribution in [0.2, 0.25) is 0 Å². The van der Waals surface area contributed by atoms with E-state index in [4.69, 9.17) is 0 Å². The molecular weight excluding hydrogens is 768 g/mol. The Balaban J connectivity index is 1.27. The molecule has 0 amide bonds. The summed E-state index contributed by atoms with van der Waals surface area (Å²) in [5.74, 6) is 0. The normalized spacial score (nSPS) is 14.7. The number of para-hydroxylation sites is 1. The second-order valence-corrected chi connectivity index (χ2v) is 20.5. The van der Waals surface area contributed by atoms with Gasteiger partial charge in [-0.3, -0.25) is 0 Å². The van der Waals surface area contributed by atoms with E-state index in [1.807, 2.05) is 11.8 Å². The SMILES string of the molecule is Cc1cc2c3c(c1)N1c4ccccc4Sc4ccccc4C(c4ccccc4)(c4ccccc4)c4ccc(c1c4)B3c1cc(C(C)(C)C)ccc1N2c1ccc(C(C)(C)C)cc1. The topological polar surface area (TPSA) is 6.48 Å². The summed E-state index contributed by atoms with van der Waals surface area (Å²) in [4.78, 5) is 7.62. The molecule has 8 aromatic rings. The van der Waals surface area contributed by atoms with Gasteiger partial charge in [-0.2, -0.15) is 0 Å². The zero-order valence-corrected chi connectivity index (χ0v) is 37.5. The molecular formula is C58H51BN2S. The molecule has 0 N–H and O–H groups in total. The molecule has 0 aromatic heterocycles. The Morgan fingerprint density at radius 3 is 1.68 bits per heavy atom. The average molecular weight is 819 g/mol. The van der Waals surface area contributed by atoms with Gasteiger partial charge in [0, 0.05) is 38.2 Å². The highest BCUT2D eigenvalue weighted by Crippen LogP contribution is 2.54. The van der Waals surface area contributed by atoms with Crippen LogP contribution in [-0.4, -0.2) is 6.71 Å². The van der Waals surface area contributed by atoms with Crippen LogP contribution in [0.1, 0.15) is 80.5 Å². The highest BCUT2D eigenvalue weighted by molar-refractivity contribution is 7.99. The van der Waals surface area contributed by atoms with Gasteiger partial charge in [0.15, 0.2) is 0 Å². The van der Waals surface area contributed by atoms with Crippen LogP contribution in [0.5, 0.6) is 0 Å². The van der Waals surface area contributed by atoms with E-state index in [0.717, 1.165) is 0 Å². The van der Waals surface area contributed by atoms with E-state index in [2.05, 4.69) is 240 Å². The van der Waals surface area contributed by atoms with Gasteiger partial charge >= 0.3 is 0 Å². The molecule has 0 atom stereocenters. The van der Waals surface area contributed by atoms with Crippen molar-refractivity contribution in [1.29, 1.82) is 0 Å². The highest BCUT2D eigenvalue weighted by Gasteiger charge is 2.47. The van der Waals surface area contributed by atoms with Gasteiger partial charge < -0.3 is 9.80 Å². The van der Waals surface area contributed by atoms with Gasteiger partial charge in [-0.15, -0.1) is 0 Å². The summed E-state index contributed by atoms with van der Waals surface area (Å²) in [6.07, 6.45) is 0. The minimum Gasteiger partial charge on any atom is -0.311 e. The third kappa shape index (κ3) is 5.87. The maximum atomic E-state index is 2.61. The first-order chi connectivity index (χ1) is 29.9. The molecule has 11 rings (SSSR count). The summed E-state index contributed by atoms with van der Waals surface area (Å²) in [6, 6.07) is 69.5. The Labute approximate surface area is 372 Å². The number of anilines is 6. The molecule has 302 valence electrons. The molecule has 8 aromatic carbocycles. The second-order valence-electron chi connectivity index (χ2n) is 19.5. The van der Waals surface area contributed by atoms with Crippen LogP contribution in [-0.2, 0) is 16.2 Å². The van der Waals surface area contributed by atoms with Crippen LogP contribution in [0.25, 0.3) is 0 Å². The third-order valence-electron chi connectivity index (χ3n) is 13.5. The monoisotopic (exact) mass is 818 g/mol. The Kier molecular flexibility index (Phi) is 8.83. The zero-order valence-electron chi connectivity index (χ0n) is 36.7. The van der Waals surface area contributed by atoms with Crippen molar-refractivity contribution in [2.24, 2.45) is 0 Å². The summed E-state index contributed by atoms with van der Waals surface area (Å²) in [6.45, 7) is 16.2. The van der Waals surface area contributed by atoms with Crippen molar-refractivity contribution in [3.05, 3.63) is 221 Å². The molecule has 0 fully saturated rings. The predicted octanol–water partition coefficient (Wildman–Crippen LogP) is 13.5. The minimum atomic E-state index is -0.600. The van der Waals surface area contributed by atoms with Gasteiger partial charge in [0.05, 0.1) is 11.1 Å². The van der Waals surface area contributed by atoms with Gasteiger partial charge in [0.2, 0.25) is 0 Å². The molecule has 0 spiro atoms. The zero-order chi connectivity index (χ0) is 42.5. The molecule has 0 aliphatic carbocycles. The lowest BCUT2D eigenvalue weighted by molar-refractivity contribution is 0.590. The standard InChI is InChI=1S/C58H51BN2S/c1-38-34-51-55-52(35-38)61-49-23-15-17-25-54(49)62-53-24-16-14-22-45(53)58(40-18-10-8-11-19-40,41-20-12-9-13-21-41)43-28-32-46(50(61)37-43)59(55)47-36-42(57(5,6)7)29-33-48(47)60(51)44-30-26-39(27-31-44)56(2,3)4/h8-37H,1-7H3. The molecule has 0 radical (unpaired) electrons. The molecule has 4 heteroatoms. The fourth-order valence-corrected chi connectivity index (χ4v) is 11.7. The van der Waals surface area contributed by atoms with Crippen molar-refractivity contribution < 1.29 is 0 Å². The lowest BCUT2D eigenvalue weighted by atomic mass is 9.33. The van der Waals surface area contributed by atoms with Crippen LogP contribution < -0.4 is 26.2 Å². The fraction of sp³-hybridized carbons (Fsp3) is 0.172. The van der Waals surface area contributed by atoms with Crippen LogP contribution in [0, 0.1) is 6.92 Å². The van der Waals surface area contributed by atoms with Gasteiger partial charge in [-0.1, -0.05) is 181 Å². The summed E-state index contributed by atoms with van der Waals surface area (Å²) in [5.41, 5.74) is 19.7. The quantitative estimate of drug-likeness (QED) is 0.164. The Morgan fingerprint density at radius 1 is 0.435 bits per heavy atom. The van der Waals surface area contributed by atoms with E-state index in [-0.39, 0.29) is 17.5 Å². The van der Waals surface area contributed by atoms with E-state index in [0.29, 0.717) is 0 Å².